The lowest BCUT2D eigenvalue weighted by atomic mass is 10.5. The summed E-state index contributed by atoms with van der Waals surface area (Å²) < 4.78 is 24.7. The third kappa shape index (κ3) is 2.18. The average Bonchev–Trinajstić information content (AvgIpc) is 2.47. The first-order chi connectivity index (χ1) is 6.97. The van der Waals surface area contributed by atoms with Gasteiger partial charge in [-0.2, -0.15) is 0 Å². The van der Waals surface area contributed by atoms with E-state index in [-0.39, 0.29) is 5.75 Å². The number of fused-ring (bicyclic) bond motifs is 1. The van der Waals surface area contributed by atoms with Crippen molar-refractivity contribution >= 4 is 31.4 Å². The molecule has 0 aliphatic rings. The molecule has 0 aliphatic heterocycles. The summed E-state index contributed by atoms with van der Waals surface area (Å²) in [6.45, 7) is 0. The topological polar surface area (TPSA) is 64.3 Å². The highest BCUT2D eigenvalue weighted by molar-refractivity contribution is 9.10. The summed E-state index contributed by atoms with van der Waals surface area (Å²) in [6, 6.07) is 5.39. The Balaban J connectivity index is 2.63. The summed E-state index contributed by atoms with van der Waals surface area (Å²) >= 11 is 3.32. The Bertz CT molecular complexity index is 605. The van der Waals surface area contributed by atoms with Crippen molar-refractivity contribution < 1.29 is 8.42 Å². The van der Waals surface area contributed by atoms with E-state index < -0.39 is 9.84 Å². The summed E-state index contributed by atoms with van der Waals surface area (Å²) in [4.78, 5) is 0. The van der Waals surface area contributed by atoms with E-state index in [2.05, 4.69) is 26.1 Å². The molecule has 2 rings (SSSR count). The number of hydrogen-bond acceptors (Lipinski definition) is 4. The molecule has 0 fully saturated rings. The molecule has 5 nitrogen and oxygen atoms in total. The first-order valence-electron chi connectivity index (χ1n) is 4.13. The number of aromatic nitrogens is 3. The van der Waals surface area contributed by atoms with Gasteiger partial charge in [0.05, 0.1) is 4.60 Å². The van der Waals surface area contributed by atoms with E-state index in [0.29, 0.717) is 11.5 Å². The maximum Gasteiger partial charge on any atom is 0.161 e. The molecule has 2 heterocycles. The van der Waals surface area contributed by atoms with Gasteiger partial charge in [0.15, 0.2) is 21.3 Å². The van der Waals surface area contributed by atoms with Gasteiger partial charge in [0, 0.05) is 6.26 Å². The van der Waals surface area contributed by atoms with Crippen molar-refractivity contribution in [1.82, 2.24) is 14.6 Å². The summed E-state index contributed by atoms with van der Waals surface area (Å²) in [5.41, 5.74) is 0.628. The van der Waals surface area contributed by atoms with Crippen molar-refractivity contribution in [2.75, 3.05) is 6.26 Å². The molecule has 7 heteroatoms. The maximum absolute atomic E-state index is 11.2. The van der Waals surface area contributed by atoms with Gasteiger partial charge in [-0.25, -0.2) is 8.42 Å². The fourth-order valence-electron chi connectivity index (χ4n) is 1.29. The van der Waals surface area contributed by atoms with Crippen LogP contribution in [0.3, 0.4) is 0 Å². The molecule has 0 spiro atoms. The number of hydrogen-bond donors (Lipinski definition) is 0. The number of sulfone groups is 1. The first-order valence-corrected chi connectivity index (χ1v) is 6.99. The molecule has 0 aliphatic carbocycles. The molecule has 0 amide bonds. The van der Waals surface area contributed by atoms with Crippen LogP contribution < -0.4 is 0 Å². The van der Waals surface area contributed by atoms with Crippen LogP contribution in [0.25, 0.3) is 5.65 Å². The lowest BCUT2D eigenvalue weighted by Gasteiger charge is -2.00. The lowest BCUT2D eigenvalue weighted by Crippen LogP contribution is -2.05. The van der Waals surface area contributed by atoms with Gasteiger partial charge in [-0.1, -0.05) is 6.07 Å². The molecule has 2 aromatic heterocycles. The Morgan fingerprint density at radius 3 is 2.80 bits per heavy atom. The van der Waals surface area contributed by atoms with Crippen molar-refractivity contribution in [2.45, 2.75) is 5.75 Å². The van der Waals surface area contributed by atoms with Crippen LogP contribution in [0.5, 0.6) is 0 Å². The molecule has 0 aromatic carbocycles. The van der Waals surface area contributed by atoms with E-state index in [9.17, 15) is 8.42 Å². The smallest absolute Gasteiger partial charge is 0.161 e. The quantitative estimate of drug-likeness (QED) is 0.775. The van der Waals surface area contributed by atoms with E-state index in [1.54, 1.807) is 10.5 Å². The van der Waals surface area contributed by atoms with Crippen LogP contribution in [0.1, 0.15) is 5.82 Å². The van der Waals surface area contributed by atoms with E-state index in [0.717, 1.165) is 4.60 Å². The van der Waals surface area contributed by atoms with Gasteiger partial charge in [-0.3, -0.25) is 4.40 Å². The molecule has 80 valence electrons. The SMILES string of the molecule is CS(=O)(=O)Cc1nnc2cccc(Br)n12. The van der Waals surface area contributed by atoms with Gasteiger partial charge < -0.3 is 0 Å². The maximum atomic E-state index is 11.2. The zero-order chi connectivity index (χ0) is 11.1. The number of pyridine rings is 1. The molecule has 15 heavy (non-hydrogen) atoms. The molecule has 0 saturated carbocycles. The van der Waals surface area contributed by atoms with Gasteiger partial charge in [0.1, 0.15) is 5.75 Å². The third-order valence-electron chi connectivity index (χ3n) is 1.84. The highest BCUT2D eigenvalue weighted by Gasteiger charge is 2.13. The Hall–Kier alpha value is -0.950. The van der Waals surface area contributed by atoms with E-state index in [1.807, 2.05) is 12.1 Å². The zero-order valence-electron chi connectivity index (χ0n) is 7.88. The van der Waals surface area contributed by atoms with Crippen LogP contribution in [0.4, 0.5) is 0 Å². The van der Waals surface area contributed by atoms with E-state index >= 15 is 0 Å². The molecule has 0 radical (unpaired) electrons. The van der Waals surface area contributed by atoms with Crippen LogP contribution >= 0.6 is 15.9 Å². The number of rotatable bonds is 2. The summed E-state index contributed by atoms with van der Waals surface area (Å²) in [5.74, 6) is 0.302. The Morgan fingerprint density at radius 2 is 2.13 bits per heavy atom. The van der Waals surface area contributed by atoms with Crippen LogP contribution in [-0.2, 0) is 15.6 Å². The predicted octanol–water partition coefficient (Wildman–Crippen LogP) is 1.04. The van der Waals surface area contributed by atoms with Gasteiger partial charge in [0.2, 0.25) is 0 Å². The van der Waals surface area contributed by atoms with Crippen molar-refractivity contribution in [3.63, 3.8) is 0 Å². The first kappa shape index (κ1) is 10.6. The minimum atomic E-state index is -3.10. The van der Waals surface area contributed by atoms with Gasteiger partial charge in [-0.05, 0) is 28.1 Å². The molecule has 0 saturated heterocycles. The van der Waals surface area contributed by atoms with Crippen molar-refractivity contribution in [2.24, 2.45) is 0 Å². The lowest BCUT2D eigenvalue weighted by molar-refractivity contribution is 0.599. The average molecular weight is 290 g/mol. The summed E-state index contributed by atoms with van der Waals surface area (Å²) in [7, 11) is -3.10. The molecule has 0 unspecified atom stereocenters. The molecule has 2 aromatic rings. The summed E-state index contributed by atoms with van der Waals surface area (Å²) in [6.07, 6.45) is 1.17. The highest BCUT2D eigenvalue weighted by Crippen LogP contribution is 2.15. The van der Waals surface area contributed by atoms with Crippen molar-refractivity contribution in [3.8, 4) is 0 Å². The molecule has 0 N–H and O–H groups in total. The molecular formula is C8H8BrN3O2S. The Labute approximate surface area is 95.2 Å². The van der Waals surface area contributed by atoms with Crippen molar-refractivity contribution in [3.05, 3.63) is 28.6 Å². The predicted molar refractivity (Wildman–Crippen MR) is 59.2 cm³/mol. The van der Waals surface area contributed by atoms with Crippen molar-refractivity contribution in [1.29, 1.82) is 0 Å². The number of halogens is 1. The minimum Gasteiger partial charge on any atom is -0.272 e. The monoisotopic (exact) mass is 289 g/mol. The zero-order valence-corrected chi connectivity index (χ0v) is 10.3. The van der Waals surface area contributed by atoms with Gasteiger partial charge >= 0.3 is 0 Å². The molecule has 0 bridgehead atoms. The highest BCUT2D eigenvalue weighted by atomic mass is 79.9. The second kappa shape index (κ2) is 3.57. The van der Waals surface area contributed by atoms with Crippen LogP contribution in [0.15, 0.2) is 22.8 Å². The van der Waals surface area contributed by atoms with E-state index in [4.69, 9.17) is 0 Å². The van der Waals surface area contributed by atoms with Crippen LogP contribution in [0.2, 0.25) is 0 Å². The third-order valence-corrected chi connectivity index (χ3v) is 3.24. The standard InChI is InChI=1S/C8H8BrN3O2S/c1-15(13,14)5-8-11-10-7-4-2-3-6(9)12(7)8/h2-4H,5H2,1H3. The second-order valence-electron chi connectivity index (χ2n) is 3.23. The summed E-state index contributed by atoms with van der Waals surface area (Å²) in [5, 5.41) is 7.73. The second-order valence-corrected chi connectivity index (χ2v) is 6.18. The normalized spacial score (nSPS) is 12.1. The largest absolute Gasteiger partial charge is 0.272 e. The fraction of sp³-hybridized carbons (Fsp3) is 0.250. The van der Waals surface area contributed by atoms with E-state index in [1.165, 1.54) is 6.26 Å². The minimum absolute atomic E-state index is 0.114. The fourth-order valence-corrected chi connectivity index (χ4v) is 2.48. The van der Waals surface area contributed by atoms with Gasteiger partial charge in [-0.15, -0.1) is 10.2 Å². The van der Waals surface area contributed by atoms with Gasteiger partial charge in [0.25, 0.3) is 0 Å². The number of nitrogens with zero attached hydrogens (tertiary/aromatic N) is 3. The molecular weight excluding hydrogens is 282 g/mol. The molecule has 0 atom stereocenters. The van der Waals surface area contributed by atoms with Crippen LogP contribution in [-0.4, -0.2) is 29.3 Å². The van der Waals surface area contributed by atoms with Crippen LogP contribution in [0, 0.1) is 0 Å². The Kier molecular flexibility index (Phi) is 2.51. The Morgan fingerprint density at radius 1 is 1.40 bits per heavy atom.